The SMILES string of the molecule is CCN1CCCCC1c1nc(CC(C)NC)no1. The number of rotatable bonds is 5. The topological polar surface area (TPSA) is 54.2 Å². The molecular formula is C13H24N4O. The van der Waals surface area contributed by atoms with E-state index in [1.165, 1.54) is 12.8 Å². The van der Waals surface area contributed by atoms with Crippen LogP contribution in [0.5, 0.6) is 0 Å². The second-order valence-corrected chi connectivity index (χ2v) is 5.08. The lowest BCUT2D eigenvalue weighted by atomic mass is 10.0. The van der Waals surface area contributed by atoms with Gasteiger partial charge in [0, 0.05) is 12.5 Å². The molecule has 2 heterocycles. The summed E-state index contributed by atoms with van der Waals surface area (Å²) in [4.78, 5) is 6.99. The lowest BCUT2D eigenvalue weighted by Gasteiger charge is -2.32. The molecule has 1 aliphatic heterocycles. The van der Waals surface area contributed by atoms with Crippen LogP contribution in [0, 0.1) is 0 Å². The highest BCUT2D eigenvalue weighted by molar-refractivity contribution is 4.96. The van der Waals surface area contributed by atoms with E-state index in [0.717, 1.165) is 37.6 Å². The minimum absolute atomic E-state index is 0.329. The van der Waals surface area contributed by atoms with Crippen LogP contribution in [0.1, 0.15) is 50.9 Å². The van der Waals surface area contributed by atoms with Crippen molar-refractivity contribution in [3.63, 3.8) is 0 Å². The summed E-state index contributed by atoms with van der Waals surface area (Å²) in [5, 5.41) is 7.29. The van der Waals surface area contributed by atoms with Crippen LogP contribution in [-0.2, 0) is 6.42 Å². The van der Waals surface area contributed by atoms with E-state index in [4.69, 9.17) is 4.52 Å². The molecule has 0 spiro atoms. The van der Waals surface area contributed by atoms with E-state index in [9.17, 15) is 0 Å². The number of aromatic nitrogens is 2. The smallest absolute Gasteiger partial charge is 0.243 e. The van der Waals surface area contributed by atoms with Gasteiger partial charge in [-0.25, -0.2) is 0 Å². The zero-order chi connectivity index (χ0) is 13.0. The van der Waals surface area contributed by atoms with Crippen LogP contribution < -0.4 is 5.32 Å². The predicted molar refractivity (Wildman–Crippen MR) is 70.4 cm³/mol. The van der Waals surface area contributed by atoms with E-state index in [0.29, 0.717) is 12.1 Å². The monoisotopic (exact) mass is 252 g/mol. The van der Waals surface area contributed by atoms with Gasteiger partial charge in [0.2, 0.25) is 5.89 Å². The lowest BCUT2D eigenvalue weighted by molar-refractivity contribution is 0.125. The normalized spacial score (nSPS) is 23.2. The Hall–Kier alpha value is -0.940. The molecule has 0 bridgehead atoms. The van der Waals surface area contributed by atoms with Gasteiger partial charge in [0.05, 0.1) is 6.04 Å². The molecule has 1 saturated heterocycles. The quantitative estimate of drug-likeness (QED) is 0.865. The highest BCUT2D eigenvalue weighted by atomic mass is 16.5. The molecule has 0 aromatic carbocycles. The molecule has 2 atom stereocenters. The van der Waals surface area contributed by atoms with Gasteiger partial charge in [0.25, 0.3) is 0 Å². The third kappa shape index (κ3) is 3.09. The zero-order valence-electron chi connectivity index (χ0n) is 11.6. The van der Waals surface area contributed by atoms with Crippen molar-refractivity contribution in [2.24, 2.45) is 0 Å². The molecule has 1 fully saturated rings. The Balaban J connectivity index is 2.03. The van der Waals surface area contributed by atoms with Crippen LogP contribution in [0.3, 0.4) is 0 Å². The molecule has 1 N–H and O–H groups in total. The molecule has 0 aliphatic carbocycles. The minimum Gasteiger partial charge on any atom is -0.338 e. The van der Waals surface area contributed by atoms with Crippen molar-refractivity contribution in [3.05, 3.63) is 11.7 Å². The molecule has 5 nitrogen and oxygen atoms in total. The second kappa shape index (κ2) is 6.29. The molecular weight excluding hydrogens is 228 g/mol. The number of likely N-dealkylation sites (tertiary alicyclic amines) is 1. The fourth-order valence-corrected chi connectivity index (χ4v) is 2.51. The van der Waals surface area contributed by atoms with Crippen LogP contribution >= 0.6 is 0 Å². The van der Waals surface area contributed by atoms with Gasteiger partial charge in [0.1, 0.15) is 0 Å². The van der Waals surface area contributed by atoms with Crippen LogP contribution in [0.15, 0.2) is 4.52 Å². The summed E-state index contributed by atoms with van der Waals surface area (Å²) in [6, 6.07) is 0.707. The molecule has 18 heavy (non-hydrogen) atoms. The highest BCUT2D eigenvalue weighted by Gasteiger charge is 2.27. The van der Waals surface area contributed by atoms with Gasteiger partial charge in [-0.2, -0.15) is 4.98 Å². The van der Waals surface area contributed by atoms with Gasteiger partial charge in [-0.15, -0.1) is 0 Å². The van der Waals surface area contributed by atoms with Gasteiger partial charge < -0.3 is 9.84 Å². The summed E-state index contributed by atoms with van der Waals surface area (Å²) >= 11 is 0. The number of hydrogen-bond acceptors (Lipinski definition) is 5. The molecule has 0 saturated carbocycles. The summed E-state index contributed by atoms with van der Waals surface area (Å²) in [6.07, 6.45) is 4.49. The third-order valence-corrected chi connectivity index (χ3v) is 3.77. The Kier molecular flexibility index (Phi) is 4.72. The van der Waals surface area contributed by atoms with E-state index >= 15 is 0 Å². The van der Waals surface area contributed by atoms with E-state index < -0.39 is 0 Å². The Labute approximate surface area is 109 Å². The summed E-state index contributed by atoms with van der Waals surface area (Å²) in [5.41, 5.74) is 0. The number of hydrogen-bond donors (Lipinski definition) is 1. The first-order valence-electron chi connectivity index (χ1n) is 6.98. The first-order chi connectivity index (χ1) is 8.74. The van der Waals surface area contributed by atoms with Gasteiger partial charge in [-0.1, -0.05) is 18.5 Å². The van der Waals surface area contributed by atoms with Gasteiger partial charge >= 0.3 is 0 Å². The van der Waals surface area contributed by atoms with Crippen LogP contribution in [0.4, 0.5) is 0 Å². The fraction of sp³-hybridized carbons (Fsp3) is 0.846. The maximum absolute atomic E-state index is 5.45. The van der Waals surface area contributed by atoms with Crippen LogP contribution in [0.2, 0.25) is 0 Å². The van der Waals surface area contributed by atoms with Crippen molar-refractivity contribution >= 4 is 0 Å². The highest BCUT2D eigenvalue weighted by Crippen LogP contribution is 2.29. The largest absolute Gasteiger partial charge is 0.338 e. The van der Waals surface area contributed by atoms with Gasteiger partial charge in [0.15, 0.2) is 5.82 Å². The number of piperidine rings is 1. The standard InChI is InChI=1S/C13H24N4O/c1-4-17-8-6-5-7-11(17)13-15-12(16-18-13)9-10(2)14-3/h10-11,14H,4-9H2,1-3H3. The molecule has 2 rings (SSSR count). The number of likely N-dealkylation sites (N-methyl/N-ethyl adjacent to an activating group) is 1. The maximum atomic E-state index is 5.45. The molecule has 0 radical (unpaired) electrons. The average Bonchev–Trinajstić information content (AvgIpc) is 2.86. The van der Waals surface area contributed by atoms with E-state index in [1.807, 2.05) is 7.05 Å². The van der Waals surface area contributed by atoms with Crippen molar-refractivity contribution in [2.45, 2.75) is 51.6 Å². The Morgan fingerprint density at radius 2 is 2.33 bits per heavy atom. The van der Waals surface area contributed by atoms with E-state index in [2.05, 4.69) is 34.2 Å². The van der Waals surface area contributed by atoms with Gasteiger partial charge in [-0.3, -0.25) is 4.90 Å². The van der Waals surface area contributed by atoms with Crippen LogP contribution in [0.25, 0.3) is 0 Å². The van der Waals surface area contributed by atoms with Crippen LogP contribution in [-0.4, -0.2) is 41.2 Å². The first-order valence-corrected chi connectivity index (χ1v) is 6.98. The third-order valence-electron chi connectivity index (χ3n) is 3.77. The summed E-state index contributed by atoms with van der Waals surface area (Å²) in [7, 11) is 1.95. The Morgan fingerprint density at radius 3 is 3.06 bits per heavy atom. The van der Waals surface area contributed by atoms with Crippen molar-refractivity contribution in [1.82, 2.24) is 20.4 Å². The van der Waals surface area contributed by atoms with Crippen molar-refractivity contribution in [1.29, 1.82) is 0 Å². The summed E-state index contributed by atoms with van der Waals surface area (Å²) in [5.74, 6) is 1.61. The lowest BCUT2D eigenvalue weighted by Crippen LogP contribution is -2.33. The molecule has 0 amide bonds. The fourth-order valence-electron chi connectivity index (χ4n) is 2.51. The molecule has 1 aliphatic rings. The number of nitrogens with one attached hydrogen (secondary N) is 1. The second-order valence-electron chi connectivity index (χ2n) is 5.08. The van der Waals surface area contributed by atoms with Crippen molar-refractivity contribution < 1.29 is 4.52 Å². The minimum atomic E-state index is 0.329. The zero-order valence-corrected chi connectivity index (χ0v) is 11.6. The van der Waals surface area contributed by atoms with Crippen molar-refractivity contribution in [2.75, 3.05) is 20.1 Å². The molecule has 1 aromatic rings. The van der Waals surface area contributed by atoms with E-state index in [-0.39, 0.29) is 0 Å². The average molecular weight is 252 g/mol. The number of nitrogens with zero attached hydrogens (tertiary/aromatic N) is 3. The molecule has 1 aromatic heterocycles. The molecule has 2 unspecified atom stereocenters. The maximum Gasteiger partial charge on any atom is 0.243 e. The molecule has 5 heteroatoms. The predicted octanol–water partition coefficient (Wildman–Crippen LogP) is 1.77. The first kappa shape index (κ1) is 13.5. The van der Waals surface area contributed by atoms with E-state index in [1.54, 1.807) is 0 Å². The molecule has 102 valence electrons. The Bertz CT molecular complexity index is 366. The summed E-state index contributed by atoms with van der Waals surface area (Å²) in [6.45, 7) is 6.51. The van der Waals surface area contributed by atoms with Gasteiger partial charge in [-0.05, 0) is 39.9 Å². The summed E-state index contributed by atoms with van der Waals surface area (Å²) < 4.78 is 5.45. The van der Waals surface area contributed by atoms with Crippen molar-refractivity contribution in [3.8, 4) is 0 Å². The Morgan fingerprint density at radius 1 is 1.50 bits per heavy atom.